The Morgan fingerprint density at radius 3 is 1.75 bits per heavy atom. The number of anilines is 4. The molecule has 0 unspecified atom stereocenters. The fourth-order valence-corrected chi connectivity index (χ4v) is 6.15. The van der Waals surface area contributed by atoms with Gasteiger partial charge in [-0.1, -0.05) is 24.3 Å². The Hall–Kier alpha value is -4.92. The highest BCUT2D eigenvalue weighted by atomic mass is 16.3. The maximum absolute atomic E-state index is 9.52. The van der Waals surface area contributed by atoms with E-state index in [1.54, 1.807) is 12.4 Å². The van der Waals surface area contributed by atoms with Gasteiger partial charge in [0.2, 0.25) is 0 Å². The van der Waals surface area contributed by atoms with Crippen molar-refractivity contribution in [2.24, 2.45) is 0 Å². The summed E-state index contributed by atoms with van der Waals surface area (Å²) in [7, 11) is 0. The number of likely N-dealkylation sites (tertiary alicyclic amines) is 1. The van der Waals surface area contributed by atoms with Gasteiger partial charge in [0, 0.05) is 53.5 Å². The minimum Gasteiger partial charge on any atom is -0.392 e. The molecule has 1 aliphatic rings. The highest BCUT2D eigenvalue weighted by Crippen LogP contribution is 2.36. The molecule has 0 amide bonds. The average Bonchev–Trinajstić information content (AvgIpc) is 3.56. The van der Waals surface area contributed by atoms with Gasteiger partial charge in [-0.3, -0.25) is 14.9 Å². The van der Waals surface area contributed by atoms with Gasteiger partial charge < -0.3 is 15.7 Å². The van der Waals surface area contributed by atoms with E-state index in [0.717, 1.165) is 73.4 Å². The van der Waals surface area contributed by atoms with E-state index >= 15 is 0 Å². The summed E-state index contributed by atoms with van der Waals surface area (Å²) in [6.07, 6.45) is 9.85. The Bertz CT molecular complexity index is 1980. The van der Waals surface area contributed by atoms with Gasteiger partial charge in [-0.15, -0.1) is 0 Å². The Morgan fingerprint density at radius 2 is 1.20 bits per heavy atom. The minimum absolute atomic E-state index is 0.0463. The van der Waals surface area contributed by atoms with Gasteiger partial charge >= 0.3 is 0 Å². The van der Waals surface area contributed by atoms with Gasteiger partial charge in [0.1, 0.15) is 11.0 Å². The second-order valence-electron chi connectivity index (χ2n) is 11.5. The predicted molar refractivity (Wildman–Crippen MR) is 177 cm³/mol. The molecule has 1 saturated heterocycles. The molecule has 1 aliphatic heterocycles. The molecule has 8 heteroatoms. The van der Waals surface area contributed by atoms with Crippen molar-refractivity contribution < 1.29 is 5.11 Å². The van der Waals surface area contributed by atoms with Crippen LogP contribution < -0.4 is 10.6 Å². The first-order chi connectivity index (χ1) is 21.6. The lowest BCUT2D eigenvalue weighted by Crippen LogP contribution is -2.18. The molecule has 0 atom stereocenters. The Balaban J connectivity index is 1.18. The molecule has 0 radical (unpaired) electrons. The number of benzene rings is 2. The maximum atomic E-state index is 9.52. The Labute approximate surface area is 256 Å². The van der Waals surface area contributed by atoms with E-state index in [9.17, 15) is 5.11 Å². The van der Waals surface area contributed by atoms with Crippen LogP contribution in [0.5, 0.6) is 0 Å². The molecule has 0 spiro atoms. The van der Waals surface area contributed by atoms with Crippen molar-refractivity contribution >= 4 is 44.8 Å². The molecule has 4 aromatic heterocycles. The van der Waals surface area contributed by atoms with E-state index < -0.39 is 0 Å². The molecular weight excluding hydrogens is 546 g/mol. The fraction of sp³-hybridized carbons (Fsp3) is 0.222. The van der Waals surface area contributed by atoms with E-state index in [0.29, 0.717) is 5.82 Å². The van der Waals surface area contributed by atoms with E-state index in [-0.39, 0.29) is 6.61 Å². The first kappa shape index (κ1) is 27.9. The van der Waals surface area contributed by atoms with Gasteiger partial charge in [0.25, 0.3) is 0 Å². The Morgan fingerprint density at radius 1 is 0.682 bits per heavy atom. The van der Waals surface area contributed by atoms with Crippen molar-refractivity contribution in [1.29, 1.82) is 0 Å². The van der Waals surface area contributed by atoms with Crippen LogP contribution in [0.2, 0.25) is 0 Å². The monoisotopic (exact) mass is 581 g/mol. The highest BCUT2D eigenvalue weighted by Gasteiger charge is 2.16. The molecule has 0 aliphatic carbocycles. The SMILES string of the molecule is Cc1c(Nc2nccc3cc(CO)cnc23)cccc1-c1cccc(Nc2nccc3cc(CN4CCCC4)cnc23)c1C. The normalized spacial score (nSPS) is 13.5. The number of nitrogens with zero attached hydrogens (tertiary/aromatic N) is 5. The van der Waals surface area contributed by atoms with Crippen molar-refractivity contribution in [3.05, 3.63) is 108 Å². The molecule has 0 bridgehead atoms. The number of hydrogen-bond donors (Lipinski definition) is 3. The molecule has 6 aromatic rings. The van der Waals surface area contributed by atoms with Crippen LogP contribution in [0.1, 0.15) is 35.1 Å². The minimum atomic E-state index is -0.0463. The lowest BCUT2D eigenvalue weighted by atomic mass is 9.94. The first-order valence-electron chi connectivity index (χ1n) is 15.1. The predicted octanol–water partition coefficient (Wildman–Crippen LogP) is 7.43. The number of aliphatic hydroxyl groups is 1. The maximum Gasteiger partial charge on any atom is 0.156 e. The molecule has 8 nitrogen and oxygen atoms in total. The van der Waals surface area contributed by atoms with Crippen LogP contribution in [0.15, 0.2) is 85.5 Å². The number of aliphatic hydroxyl groups excluding tert-OH is 1. The van der Waals surface area contributed by atoms with E-state index in [1.165, 1.54) is 31.5 Å². The quantitative estimate of drug-likeness (QED) is 0.171. The molecule has 7 rings (SSSR count). The third-order valence-electron chi connectivity index (χ3n) is 8.56. The van der Waals surface area contributed by atoms with Crippen LogP contribution in [-0.4, -0.2) is 43.0 Å². The van der Waals surface area contributed by atoms with Crippen LogP contribution in [0.25, 0.3) is 32.9 Å². The van der Waals surface area contributed by atoms with Crippen molar-refractivity contribution in [2.45, 2.75) is 39.8 Å². The fourth-order valence-electron chi connectivity index (χ4n) is 6.15. The number of rotatable bonds is 8. The molecule has 0 saturated carbocycles. The number of aromatic nitrogens is 4. The van der Waals surface area contributed by atoms with E-state index in [2.05, 4.69) is 86.8 Å². The summed E-state index contributed by atoms with van der Waals surface area (Å²) in [4.78, 5) is 21.1. The van der Waals surface area contributed by atoms with Gasteiger partial charge in [-0.2, -0.15) is 0 Å². The standard InChI is InChI=1S/C36H35N7O/c1-23-29(30-8-6-10-32(24(30)2)42-36-34-28(12-14-38-36)18-26(22-44)20-40-34)7-5-9-31(23)41-35-33-27(11-13-37-35)17-25(19-39-33)21-43-15-3-4-16-43/h5-14,17-20,44H,3-4,15-16,21-22H2,1-2H3,(H,37,41)(H,38,42). The molecule has 3 N–H and O–H groups in total. The lowest BCUT2D eigenvalue weighted by molar-refractivity contribution is 0.281. The van der Waals surface area contributed by atoms with Gasteiger partial charge in [-0.05, 0) is 110 Å². The molecule has 44 heavy (non-hydrogen) atoms. The summed E-state index contributed by atoms with van der Waals surface area (Å²) in [6.45, 7) is 7.49. The topological polar surface area (TPSA) is 99.1 Å². The number of pyridine rings is 4. The summed E-state index contributed by atoms with van der Waals surface area (Å²) in [5, 5.41) is 18.6. The molecular formula is C36H35N7O. The third kappa shape index (κ3) is 5.45. The lowest BCUT2D eigenvalue weighted by Gasteiger charge is -2.18. The third-order valence-corrected chi connectivity index (χ3v) is 8.56. The zero-order chi connectivity index (χ0) is 30.0. The van der Waals surface area contributed by atoms with Gasteiger partial charge in [0.05, 0.1) is 6.61 Å². The summed E-state index contributed by atoms with van der Waals surface area (Å²) in [5.41, 5.74) is 10.1. The molecule has 220 valence electrons. The average molecular weight is 582 g/mol. The van der Waals surface area contributed by atoms with Crippen LogP contribution in [-0.2, 0) is 13.2 Å². The molecule has 1 fully saturated rings. The van der Waals surface area contributed by atoms with Gasteiger partial charge in [-0.25, -0.2) is 9.97 Å². The Kier molecular flexibility index (Phi) is 7.60. The molecule has 2 aromatic carbocycles. The zero-order valence-corrected chi connectivity index (χ0v) is 25.0. The van der Waals surface area contributed by atoms with Crippen molar-refractivity contribution in [3.8, 4) is 11.1 Å². The summed E-state index contributed by atoms with van der Waals surface area (Å²) in [5.74, 6) is 1.43. The van der Waals surface area contributed by atoms with Crippen LogP contribution in [0.4, 0.5) is 23.0 Å². The number of fused-ring (bicyclic) bond motifs is 2. The molecule has 5 heterocycles. The van der Waals surface area contributed by atoms with Crippen LogP contribution in [0, 0.1) is 13.8 Å². The van der Waals surface area contributed by atoms with Crippen LogP contribution in [0.3, 0.4) is 0 Å². The number of nitrogens with one attached hydrogen (secondary N) is 2. The second kappa shape index (κ2) is 12.0. The van der Waals surface area contributed by atoms with Crippen molar-refractivity contribution in [2.75, 3.05) is 23.7 Å². The smallest absolute Gasteiger partial charge is 0.156 e. The van der Waals surface area contributed by atoms with E-state index in [4.69, 9.17) is 4.98 Å². The summed E-state index contributed by atoms with van der Waals surface area (Å²) >= 11 is 0. The van der Waals surface area contributed by atoms with Crippen molar-refractivity contribution in [3.63, 3.8) is 0 Å². The van der Waals surface area contributed by atoms with Gasteiger partial charge in [0.15, 0.2) is 11.6 Å². The van der Waals surface area contributed by atoms with Crippen molar-refractivity contribution in [1.82, 2.24) is 24.8 Å². The van der Waals surface area contributed by atoms with Crippen LogP contribution >= 0.6 is 0 Å². The number of hydrogen-bond acceptors (Lipinski definition) is 8. The first-order valence-corrected chi connectivity index (χ1v) is 15.1. The summed E-state index contributed by atoms with van der Waals surface area (Å²) in [6, 6.07) is 20.7. The second-order valence-corrected chi connectivity index (χ2v) is 11.5. The largest absolute Gasteiger partial charge is 0.392 e. The summed E-state index contributed by atoms with van der Waals surface area (Å²) < 4.78 is 0. The highest BCUT2D eigenvalue weighted by molar-refractivity contribution is 5.92. The zero-order valence-electron chi connectivity index (χ0n) is 25.0. The van der Waals surface area contributed by atoms with E-state index in [1.807, 2.05) is 30.6 Å².